The third kappa shape index (κ3) is 3.35. The molecule has 9 nitrogen and oxygen atoms in total. The Morgan fingerprint density at radius 1 is 1.28 bits per heavy atom. The lowest BCUT2D eigenvalue weighted by molar-refractivity contribution is 0.0962. The maximum Gasteiger partial charge on any atom is 0.251 e. The summed E-state index contributed by atoms with van der Waals surface area (Å²) in [5, 5.41) is 14.0. The second-order valence-corrected chi connectivity index (χ2v) is 8.13. The first-order valence-corrected chi connectivity index (χ1v) is 10.9. The summed E-state index contributed by atoms with van der Waals surface area (Å²) < 4.78 is 16.6. The van der Waals surface area contributed by atoms with Crippen molar-refractivity contribution in [2.45, 2.75) is 51.1 Å². The average Bonchev–Trinajstić information content (AvgIpc) is 3.51. The standard InChI is InChI=1S/C22H25FN8O/c1-3-17-20-29-26-12-30(20)18-11-25-22(28-19(18)31(17)14-6-4-5-7-14)27-16-9-8-13(10-15(16)23)21(32)24-2/h8-12,14,17H,3-7H2,1-2H3,(H,24,32)(H,25,27,28)/t17-/m1/s1. The monoisotopic (exact) mass is 436 g/mol. The number of aromatic nitrogens is 5. The van der Waals surface area contributed by atoms with Crippen LogP contribution in [0.25, 0.3) is 5.69 Å². The van der Waals surface area contributed by atoms with E-state index in [-0.39, 0.29) is 23.2 Å². The van der Waals surface area contributed by atoms with Crippen LogP contribution in [-0.4, -0.2) is 43.7 Å². The van der Waals surface area contributed by atoms with Gasteiger partial charge in [-0.15, -0.1) is 10.2 Å². The summed E-state index contributed by atoms with van der Waals surface area (Å²) >= 11 is 0. The normalized spacial score (nSPS) is 17.7. The molecule has 2 N–H and O–H groups in total. The number of halogens is 1. The molecule has 3 aromatic rings. The Labute approximate surface area is 185 Å². The van der Waals surface area contributed by atoms with Gasteiger partial charge in [-0.3, -0.25) is 9.36 Å². The van der Waals surface area contributed by atoms with Gasteiger partial charge in [-0.2, -0.15) is 4.98 Å². The Kier molecular flexibility index (Phi) is 5.20. The van der Waals surface area contributed by atoms with Crippen molar-refractivity contribution >= 4 is 23.4 Å². The molecule has 0 bridgehead atoms. The van der Waals surface area contributed by atoms with Crippen LogP contribution in [0.2, 0.25) is 0 Å². The lowest BCUT2D eigenvalue weighted by Gasteiger charge is -2.40. The van der Waals surface area contributed by atoms with Crippen molar-refractivity contribution in [1.82, 2.24) is 30.0 Å². The van der Waals surface area contributed by atoms with E-state index >= 15 is 0 Å². The average molecular weight is 436 g/mol. The van der Waals surface area contributed by atoms with Crippen molar-refractivity contribution in [3.63, 3.8) is 0 Å². The van der Waals surface area contributed by atoms with E-state index in [0.29, 0.717) is 12.0 Å². The third-order valence-electron chi connectivity index (χ3n) is 6.27. The highest BCUT2D eigenvalue weighted by molar-refractivity contribution is 5.94. The van der Waals surface area contributed by atoms with Gasteiger partial charge in [0.15, 0.2) is 11.6 Å². The SMILES string of the molecule is CC[C@@H]1c2nncn2-c2cnc(Nc3ccc(C(=O)NC)cc3F)nc2N1C1CCCC1. The lowest BCUT2D eigenvalue weighted by atomic mass is 10.0. The van der Waals surface area contributed by atoms with Crippen LogP contribution >= 0.6 is 0 Å². The first-order valence-electron chi connectivity index (χ1n) is 10.9. The van der Waals surface area contributed by atoms with Crippen LogP contribution in [0.1, 0.15) is 61.3 Å². The van der Waals surface area contributed by atoms with Gasteiger partial charge in [-0.25, -0.2) is 9.37 Å². The van der Waals surface area contributed by atoms with E-state index in [1.807, 2.05) is 4.57 Å². The van der Waals surface area contributed by atoms with Crippen LogP contribution < -0.4 is 15.5 Å². The van der Waals surface area contributed by atoms with Gasteiger partial charge in [0.2, 0.25) is 5.95 Å². The Morgan fingerprint density at radius 2 is 2.09 bits per heavy atom. The van der Waals surface area contributed by atoms with E-state index in [1.54, 1.807) is 18.6 Å². The topological polar surface area (TPSA) is 101 Å². The van der Waals surface area contributed by atoms with Crippen LogP contribution in [0.3, 0.4) is 0 Å². The van der Waals surface area contributed by atoms with Gasteiger partial charge in [-0.05, 0) is 37.5 Å². The second kappa shape index (κ2) is 8.18. The van der Waals surface area contributed by atoms with Crippen LogP contribution in [0.15, 0.2) is 30.7 Å². The zero-order chi connectivity index (χ0) is 22.2. The number of hydrogen-bond donors (Lipinski definition) is 2. The molecule has 1 atom stereocenters. The smallest absolute Gasteiger partial charge is 0.251 e. The van der Waals surface area contributed by atoms with Crippen molar-refractivity contribution in [2.24, 2.45) is 0 Å². The molecular weight excluding hydrogens is 411 g/mol. The van der Waals surface area contributed by atoms with E-state index in [2.05, 4.69) is 37.6 Å². The fourth-order valence-electron chi connectivity index (χ4n) is 4.73. The molecule has 1 saturated carbocycles. The highest BCUT2D eigenvalue weighted by atomic mass is 19.1. The number of amides is 1. The molecule has 32 heavy (non-hydrogen) atoms. The molecule has 1 aliphatic heterocycles. The van der Waals surface area contributed by atoms with Gasteiger partial charge in [0.1, 0.15) is 17.8 Å². The molecule has 1 fully saturated rings. The summed E-state index contributed by atoms with van der Waals surface area (Å²) in [6.07, 6.45) is 8.88. The molecule has 5 rings (SSSR count). The van der Waals surface area contributed by atoms with Crippen LogP contribution in [0.5, 0.6) is 0 Å². The van der Waals surface area contributed by atoms with Gasteiger partial charge >= 0.3 is 0 Å². The molecule has 0 saturated heterocycles. The van der Waals surface area contributed by atoms with Crippen molar-refractivity contribution in [1.29, 1.82) is 0 Å². The highest BCUT2D eigenvalue weighted by Crippen LogP contribution is 2.42. The number of nitrogens with zero attached hydrogens (tertiary/aromatic N) is 6. The molecule has 3 heterocycles. The lowest BCUT2D eigenvalue weighted by Crippen LogP contribution is -2.42. The molecule has 1 amide bonds. The predicted molar refractivity (Wildman–Crippen MR) is 118 cm³/mol. The first-order chi connectivity index (χ1) is 15.6. The maximum absolute atomic E-state index is 14.6. The van der Waals surface area contributed by atoms with E-state index in [9.17, 15) is 9.18 Å². The summed E-state index contributed by atoms with van der Waals surface area (Å²) in [6, 6.07) is 4.71. The van der Waals surface area contributed by atoms with Crippen molar-refractivity contribution in [3.05, 3.63) is 47.9 Å². The molecule has 1 aliphatic carbocycles. The molecule has 2 aromatic heterocycles. The summed E-state index contributed by atoms with van der Waals surface area (Å²) in [7, 11) is 1.51. The molecule has 0 radical (unpaired) electrons. The molecular formula is C22H25FN8O. The Hall–Kier alpha value is -3.56. The zero-order valence-electron chi connectivity index (χ0n) is 18.0. The largest absolute Gasteiger partial charge is 0.355 e. The summed E-state index contributed by atoms with van der Waals surface area (Å²) in [4.78, 5) is 23.3. The molecule has 166 valence electrons. The fraction of sp³-hybridized carbons (Fsp3) is 0.409. The Morgan fingerprint density at radius 3 is 2.81 bits per heavy atom. The molecule has 1 aromatic carbocycles. The van der Waals surface area contributed by atoms with Crippen LogP contribution in [0, 0.1) is 5.82 Å². The summed E-state index contributed by atoms with van der Waals surface area (Å²) in [5.74, 6) is 1.10. The number of rotatable bonds is 5. The van der Waals surface area contributed by atoms with E-state index in [4.69, 9.17) is 4.98 Å². The second-order valence-electron chi connectivity index (χ2n) is 8.13. The Balaban J connectivity index is 1.53. The number of carbonyl (C=O) groups is 1. The molecule has 0 unspecified atom stereocenters. The number of hydrogen-bond acceptors (Lipinski definition) is 7. The van der Waals surface area contributed by atoms with Gasteiger partial charge in [0.05, 0.1) is 17.9 Å². The minimum Gasteiger partial charge on any atom is -0.355 e. The minimum absolute atomic E-state index is 0.0689. The van der Waals surface area contributed by atoms with Gasteiger partial charge < -0.3 is 15.5 Å². The molecule has 2 aliphatic rings. The summed E-state index contributed by atoms with van der Waals surface area (Å²) in [6.45, 7) is 2.14. The predicted octanol–water partition coefficient (Wildman–Crippen LogP) is 3.51. The Bertz CT molecular complexity index is 1160. The minimum atomic E-state index is -0.549. The number of carbonyl (C=O) groups excluding carboxylic acids is 1. The maximum atomic E-state index is 14.6. The van der Waals surface area contributed by atoms with Crippen LogP contribution in [-0.2, 0) is 0 Å². The van der Waals surface area contributed by atoms with E-state index in [1.165, 1.54) is 32.0 Å². The fourth-order valence-corrected chi connectivity index (χ4v) is 4.73. The van der Waals surface area contributed by atoms with Crippen molar-refractivity contribution in [3.8, 4) is 5.69 Å². The number of anilines is 3. The highest BCUT2D eigenvalue weighted by Gasteiger charge is 2.38. The number of fused-ring (bicyclic) bond motifs is 3. The quantitative estimate of drug-likeness (QED) is 0.631. The third-order valence-corrected chi connectivity index (χ3v) is 6.27. The van der Waals surface area contributed by atoms with E-state index in [0.717, 1.165) is 36.6 Å². The molecule has 0 spiro atoms. The number of nitrogens with one attached hydrogen (secondary N) is 2. The zero-order valence-corrected chi connectivity index (χ0v) is 18.0. The van der Waals surface area contributed by atoms with Crippen LogP contribution in [0.4, 0.5) is 21.8 Å². The van der Waals surface area contributed by atoms with E-state index < -0.39 is 5.82 Å². The van der Waals surface area contributed by atoms with Gasteiger partial charge in [-0.1, -0.05) is 19.8 Å². The number of benzene rings is 1. The summed E-state index contributed by atoms with van der Waals surface area (Å²) in [5.41, 5.74) is 1.28. The van der Waals surface area contributed by atoms with Gasteiger partial charge in [0, 0.05) is 18.7 Å². The van der Waals surface area contributed by atoms with Crippen molar-refractivity contribution < 1.29 is 9.18 Å². The first kappa shape index (κ1) is 20.3. The van der Waals surface area contributed by atoms with Gasteiger partial charge in [0.25, 0.3) is 5.91 Å². The van der Waals surface area contributed by atoms with Crippen molar-refractivity contribution in [2.75, 3.05) is 17.3 Å². The molecule has 10 heteroatoms.